The van der Waals surface area contributed by atoms with Crippen LogP contribution in [-0.4, -0.2) is 58.1 Å². The number of piperazine rings is 1. The maximum atomic E-state index is 4.71. The number of nitrogens with zero attached hydrogens (tertiary/aromatic N) is 6. The highest BCUT2D eigenvalue weighted by Crippen LogP contribution is 2.23. The predicted molar refractivity (Wildman–Crippen MR) is 109 cm³/mol. The molecular formula is C19H23N7S. The standard InChI is InChI=1S/C19H23N7S/c1-14-22-17(11-18(23-14)26-9-7-25(2)8-10-26)21-12-16-13-27-19(24-16)15-3-5-20-6-4-15/h3-6,11,13H,7-10,12H2,1-2H3,(H,21,22,23). The van der Waals surface area contributed by atoms with Crippen molar-refractivity contribution in [3.8, 4) is 10.6 Å². The number of hydrogen-bond acceptors (Lipinski definition) is 8. The largest absolute Gasteiger partial charge is 0.364 e. The van der Waals surface area contributed by atoms with Crippen LogP contribution in [-0.2, 0) is 6.54 Å². The van der Waals surface area contributed by atoms with E-state index in [2.05, 4.69) is 42.5 Å². The summed E-state index contributed by atoms with van der Waals surface area (Å²) in [6.45, 7) is 6.68. The quantitative estimate of drug-likeness (QED) is 0.728. The van der Waals surface area contributed by atoms with Crippen molar-refractivity contribution in [1.82, 2.24) is 24.8 Å². The number of nitrogens with one attached hydrogen (secondary N) is 1. The van der Waals surface area contributed by atoms with Crippen LogP contribution >= 0.6 is 11.3 Å². The number of aromatic nitrogens is 4. The molecule has 140 valence electrons. The topological polar surface area (TPSA) is 70.1 Å². The molecule has 0 amide bonds. The third kappa shape index (κ3) is 4.40. The van der Waals surface area contributed by atoms with E-state index >= 15 is 0 Å². The minimum atomic E-state index is 0.639. The summed E-state index contributed by atoms with van der Waals surface area (Å²) in [7, 11) is 2.16. The molecule has 0 spiro atoms. The molecule has 1 saturated heterocycles. The monoisotopic (exact) mass is 381 g/mol. The molecule has 4 heterocycles. The molecule has 1 aliphatic rings. The lowest BCUT2D eigenvalue weighted by molar-refractivity contribution is 0.312. The van der Waals surface area contributed by atoms with Crippen molar-refractivity contribution in [2.24, 2.45) is 0 Å². The highest BCUT2D eigenvalue weighted by molar-refractivity contribution is 7.13. The first kappa shape index (κ1) is 17.8. The maximum Gasteiger partial charge on any atom is 0.134 e. The van der Waals surface area contributed by atoms with Crippen molar-refractivity contribution in [2.45, 2.75) is 13.5 Å². The molecule has 7 nitrogen and oxygen atoms in total. The number of likely N-dealkylation sites (N-methyl/N-ethyl adjacent to an activating group) is 1. The number of anilines is 2. The van der Waals surface area contributed by atoms with E-state index in [1.807, 2.05) is 25.1 Å². The number of hydrogen-bond donors (Lipinski definition) is 1. The van der Waals surface area contributed by atoms with Gasteiger partial charge in [0.2, 0.25) is 0 Å². The van der Waals surface area contributed by atoms with Gasteiger partial charge in [0.15, 0.2) is 0 Å². The summed E-state index contributed by atoms with van der Waals surface area (Å²) in [5, 5.41) is 6.49. The molecule has 3 aromatic heterocycles. The molecule has 1 aliphatic heterocycles. The van der Waals surface area contributed by atoms with E-state index in [1.54, 1.807) is 23.7 Å². The second kappa shape index (κ2) is 7.98. The molecule has 0 bridgehead atoms. The van der Waals surface area contributed by atoms with Gasteiger partial charge in [0.1, 0.15) is 22.5 Å². The van der Waals surface area contributed by atoms with Gasteiger partial charge in [-0.2, -0.15) is 0 Å². The first-order valence-corrected chi connectivity index (χ1v) is 9.93. The van der Waals surface area contributed by atoms with Crippen LogP contribution in [0.5, 0.6) is 0 Å². The molecule has 0 atom stereocenters. The van der Waals surface area contributed by atoms with Gasteiger partial charge in [0, 0.05) is 55.6 Å². The Morgan fingerprint density at radius 2 is 1.85 bits per heavy atom. The summed E-state index contributed by atoms with van der Waals surface area (Å²) in [5.74, 6) is 2.62. The van der Waals surface area contributed by atoms with Crippen molar-refractivity contribution in [3.63, 3.8) is 0 Å². The lowest BCUT2D eigenvalue weighted by Gasteiger charge is -2.33. The minimum absolute atomic E-state index is 0.639. The van der Waals surface area contributed by atoms with Gasteiger partial charge in [0.05, 0.1) is 12.2 Å². The number of thiazole rings is 1. The van der Waals surface area contributed by atoms with E-state index in [0.29, 0.717) is 6.54 Å². The molecule has 4 rings (SSSR count). The fraction of sp³-hybridized carbons (Fsp3) is 0.368. The van der Waals surface area contributed by atoms with E-state index in [4.69, 9.17) is 4.98 Å². The van der Waals surface area contributed by atoms with Crippen LogP contribution in [0.25, 0.3) is 10.6 Å². The van der Waals surface area contributed by atoms with Gasteiger partial charge < -0.3 is 15.1 Å². The molecule has 1 fully saturated rings. The third-order valence-electron chi connectivity index (χ3n) is 4.58. The Morgan fingerprint density at radius 3 is 2.63 bits per heavy atom. The molecule has 27 heavy (non-hydrogen) atoms. The zero-order valence-corrected chi connectivity index (χ0v) is 16.4. The lowest BCUT2D eigenvalue weighted by Crippen LogP contribution is -2.44. The van der Waals surface area contributed by atoms with Crippen LogP contribution in [0.3, 0.4) is 0 Å². The van der Waals surface area contributed by atoms with Crippen LogP contribution in [0.4, 0.5) is 11.6 Å². The Morgan fingerprint density at radius 1 is 1.07 bits per heavy atom. The summed E-state index contributed by atoms with van der Waals surface area (Å²) < 4.78 is 0. The van der Waals surface area contributed by atoms with Crippen LogP contribution in [0.15, 0.2) is 36.0 Å². The fourth-order valence-corrected chi connectivity index (χ4v) is 3.86. The Balaban J connectivity index is 1.43. The van der Waals surface area contributed by atoms with Crippen molar-refractivity contribution in [3.05, 3.63) is 47.5 Å². The summed E-state index contributed by atoms with van der Waals surface area (Å²) in [5.41, 5.74) is 2.10. The number of pyridine rings is 1. The zero-order valence-electron chi connectivity index (χ0n) is 15.6. The van der Waals surface area contributed by atoms with Gasteiger partial charge in [0.25, 0.3) is 0 Å². The highest BCUT2D eigenvalue weighted by Gasteiger charge is 2.16. The molecule has 0 radical (unpaired) electrons. The Bertz CT molecular complexity index is 888. The van der Waals surface area contributed by atoms with Gasteiger partial charge in [-0.1, -0.05) is 0 Å². The predicted octanol–water partition coefficient (Wildman–Crippen LogP) is 2.67. The van der Waals surface area contributed by atoms with Crippen molar-refractivity contribution >= 4 is 23.0 Å². The normalized spacial score (nSPS) is 15.1. The van der Waals surface area contributed by atoms with E-state index in [9.17, 15) is 0 Å². The van der Waals surface area contributed by atoms with Crippen molar-refractivity contribution in [2.75, 3.05) is 43.4 Å². The molecule has 0 aliphatic carbocycles. The smallest absolute Gasteiger partial charge is 0.134 e. The lowest BCUT2D eigenvalue weighted by atomic mass is 10.3. The Labute approximate surface area is 163 Å². The van der Waals surface area contributed by atoms with Gasteiger partial charge in [-0.25, -0.2) is 15.0 Å². The van der Waals surface area contributed by atoms with E-state index in [0.717, 1.165) is 59.9 Å². The van der Waals surface area contributed by atoms with Crippen molar-refractivity contribution in [1.29, 1.82) is 0 Å². The first-order chi connectivity index (χ1) is 13.2. The Kier molecular flexibility index (Phi) is 5.26. The van der Waals surface area contributed by atoms with Crippen LogP contribution in [0.1, 0.15) is 11.5 Å². The van der Waals surface area contributed by atoms with Gasteiger partial charge >= 0.3 is 0 Å². The summed E-state index contributed by atoms with van der Waals surface area (Å²) in [4.78, 5) is 22.6. The van der Waals surface area contributed by atoms with E-state index < -0.39 is 0 Å². The van der Waals surface area contributed by atoms with Crippen molar-refractivity contribution < 1.29 is 0 Å². The maximum absolute atomic E-state index is 4.71. The number of aryl methyl sites for hydroxylation is 1. The molecule has 0 aromatic carbocycles. The molecule has 0 unspecified atom stereocenters. The summed E-state index contributed by atoms with van der Waals surface area (Å²) >= 11 is 1.64. The fourth-order valence-electron chi connectivity index (χ4n) is 3.04. The minimum Gasteiger partial charge on any atom is -0.364 e. The van der Waals surface area contributed by atoms with Crippen LogP contribution in [0, 0.1) is 6.92 Å². The zero-order chi connectivity index (χ0) is 18.6. The summed E-state index contributed by atoms with van der Waals surface area (Å²) in [6, 6.07) is 5.99. The van der Waals surface area contributed by atoms with E-state index in [-0.39, 0.29) is 0 Å². The van der Waals surface area contributed by atoms with Crippen LogP contribution < -0.4 is 10.2 Å². The Hall–Kier alpha value is -2.58. The third-order valence-corrected chi connectivity index (χ3v) is 5.52. The molecule has 3 aromatic rings. The molecule has 0 saturated carbocycles. The second-order valence-corrected chi connectivity index (χ2v) is 7.54. The molecular weight excluding hydrogens is 358 g/mol. The van der Waals surface area contributed by atoms with Gasteiger partial charge in [-0.3, -0.25) is 4.98 Å². The average molecular weight is 382 g/mol. The second-order valence-electron chi connectivity index (χ2n) is 6.68. The molecule has 1 N–H and O–H groups in total. The SMILES string of the molecule is Cc1nc(NCc2csc(-c3ccncc3)n2)cc(N2CCN(C)CC2)n1. The van der Waals surface area contributed by atoms with Gasteiger partial charge in [-0.05, 0) is 26.1 Å². The van der Waals surface area contributed by atoms with E-state index in [1.165, 1.54) is 0 Å². The summed E-state index contributed by atoms with van der Waals surface area (Å²) in [6.07, 6.45) is 3.58. The van der Waals surface area contributed by atoms with Gasteiger partial charge in [-0.15, -0.1) is 11.3 Å². The highest BCUT2D eigenvalue weighted by atomic mass is 32.1. The van der Waals surface area contributed by atoms with Crippen LogP contribution in [0.2, 0.25) is 0 Å². The molecule has 8 heteroatoms. The first-order valence-electron chi connectivity index (χ1n) is 9.05. The average Bonchev–Trinajstić information content (AvgIpc) is 3.16. The number of rotatable bonds is 5.